The second kappa shape index (κ2) is 4.99. The second-order valence-electron chi connectivity index (χ2n) is 4.12. The van der Waals surface area contributed by atoms with E-state index in [4.69, 9.17) is 12.2 Å². The summed E-state index contributed by atoms with van der Waals surface area (Å²) in [6.07, 6.45) is 1.01. The third kappa shape index (κ3) is 2.30. The van der Waals surface area contributed by atoms with E-state index >= 15 is 0 Å². The summed E-state index contributed by atoms with van der Waals surface area (Å²) in [4.78, 5) is 3.24. The van der Waals surface area contributed by atoms with Crippen molar-refractivity contribution in [2.24, 2.45) is 0 Å². The third-order valence-electron chi connectivity index (χ3n) is 2.94. The van der Waals surface area contributed by atoms with Crippen LogP contribution < -0.4 is 0 Å². The predicted octanol–water partition coefficient (Wildman–Crippen LogP) is 4.77. The van der Waals surface area contributed by atoms with E-state index in [1.54, 1.807) is 11.3 Å². The molecule has 0 atom stereocenters. The molecule has 0 unspecified atom stereocenters. The fraction of sp³-hybridized carbons (Fsp3) is 0.154. The average Bonchev–Trinajstić information content (AvgIpc) is 2.94. The minimum Gasteiger partial charge on any atom is -0.331 e. The third-order valence-corrected chi connectivity index (χ3v) is 4.49. The van der Waals surface area contributed by atoms with Crippen LogP contribution in [0, 0.1) is 4.77 Å². The standard InChI is InChI=1S/C13H11BrN2S2/c14-10-1-2-11-12(7-10)16(13(17)15-11)5-3-9-4-6-18-8-9/h1-2,4,6-8H,3,5H2,(H,15,17). The molecule has 1 N–H and O–H groups in total. The first-order valence-corrected chi connectivity index (χ1v) is 7.77. The maximum Gasteiger partial charge on any atom is 0.178 e. The Kier molecular flexibility index (Phi) is 3.37. The van der Waals surface area contributed by atoms with Crippen molar-refractivity contribution in [3.8, 4) is 0 Å². The zero-order chi connectivity index (χ0) is 12.5. The van der Waals surface area contributed by atoms with Gasteiger partial charge in [0.05, 0.1) is 11.0 Å². The van der Waals surface area contributed by atoms with Crippen LogP contribution in [0.25, 0.3) is 11.0 Å². The van der Waals surface area contributed by atoms with E-state index in [-0.39, 0.29) is 0 Å². The Morgan fingerprint density at radius 3 is 3.00 bits per heavy atom. The van der Waals surface area contributed by atoms with Gasteiger partial charge in [-0.2, -0.15) is 11.3 Å². The quantitative estimate of drug-likeness (QED) is 0.682. The van der Waals surface area contributed by atoms with Crippen molar-refractivity contribution < 1.29 is 0 Å². The van der Waals surface area contributed by atoms with Crippen LogP contribution in [0.4, 0.5) is 0 Å². The highest BCUT2D eigenvalue weighted by Gasteiger charge is 2.05. The lowest BCUT2D eigenvalue weighted by Gasteiger charge is -2.03. The van der Waals surface area contributed by atoms with Crippen LogP contribution in [0.2, 0.25) is 0 Å². The number of aromatic nitrogens is 2. The molecule has 0 saturated heterocycles. The van der Waals surface area contributed by atoms with E-state index in [2.05, 4.69) is 54.4 Å². The van der Waals surface area contributed by atoms with Gasteiger partial charge in [0, 0.05) is 11.0 Å². The van der Waals surface area contributed by atoms with Crippen molar-refractivity contribution >= 4 is 50.5 Å². The molecular formula is C13H11BrN2S2. The number of fused-ring (bicyclic) bond motifs is 1. The van der Waals surface area contributed by atoms with Gasteiger partial charge < -0.3 is 9.55 Å². The van der Waals surface area contributed by atoms with Crippen LogP contribution in [0.15, 0.2) is 39.5 Å². The fourth-order valence-corrected chi connectivity index (χ4v) is 3.38. The Bertz CT molecular complexity index is 725. The number of benzene rings is 1. The minimum absolute atomic E-state index is 0.790. The van der Waals surface area contributed by atoms with Gasteiger partial charge in [-0.15, -0.1) is 0 Å². The van der Waals surface area contributed by atoms with E-state index < -0.39 is 0 Å². The summed E-state index contributed by atoms with van der Waals surface area (Å²) < 4.78 is 4.03. The number of H-pyrrole nitrogens is 1. The molecular weight excluding hydrogens is 328 g/mol. The molecule has 0 bridgehead atoms. The van der Waals surface area contributed by atoms with Gasteiger partial charge in [0.15, 0.2) is 4.77 Å². The normalized spacial score (nSPS) is 11.2. The maximum atomic E-state index is 5.39. The van der Waals surface area contributed by atoms with Crippen LogP contribution in [-0.2, 0) is 13.0 Å². The summed E-state index contributed by atoms with van der Waals surface area (Å²) >= 11 is 10.6. The van der Waals surface area contributed by atoms with Gasteiger partial charge in [-0.05, 0) is 59.2 Å². The average molecular weight is 339 g/mol. The van der Waals surface area contributed by atoms with Crippen LogP contribution in [-0.4, -0.2) is 9.55 Å². The molecule has 18 heavy (non-hydrogen) atoms. The number of hydrogen-bond donors (Lipinski definition) is 1. The van der Waals surface area contributed by atoms with Gasteiger partial charge in [0.2, 0.25) is 0 Å². The summed E-state index contributed by atoms with van der Waals surface area (Å²) in [5.41, 5.74) is 3.62. The Morgan fingerprint density at radius 1 is 1.33 bits per heavy atom. The van der Waals surface area contributed by atoms with Crippen LogP contribution >= 0.6 is 39.5 Å². The van der Waals surface area contributed by atoms with Crippen LogP contribution in [0.1, 0.15) is 5.56 Å². The molecule has 2 heterocycles. The number of nitrogens with one attached hydrogen (secondary N) is 1. The number of nitrogens with zero attached hydrogens (tertiary/aromatic N) is 1. The highest BCUT2D eigenvalue weighted by molar-refractivity contribution is 9.10. The van der Waals surface area contributed by atoms with Crippen molar-refractivity contribution in [1.29, 1.82) is 0 Å². The van der Waals surface area contributed by atoms with Gasteiger partial charge in [0.1, 0.15) is 0 Å². The molecule has 5 heteroatoms. The summed E-state index contributed by atoms with van der Waals surface area (Å²) in [6.45, 7) is 0.909. The van der Waals surface area contributed by atoms with Gasteiger partial charge in [-0.1, -0.05) is 15.9 Å². The Labute approximate surface area is 122 Å². The molecule has 3 aromatic rings. The summed E-state index contributed by atoms with van der Waals surface area (Å²) in [6, 6.07) is 8.35. The first-order valence-electron chi connectivity index (χ1n) is 5.63. The molecule has 3 rings (SSSR count). The minimum atomic E-state index is 0.790. The summed E-state index contributed by atoms with van der Waals surface area (Å²) in [5.74, 6) is 0. The number of halogens is 1. The zero-order valence-corrected chi connectivity index (χ0v) is 12.7. The topological polar surface area (TPSA) is 20.7 Å². The van der Waals surface area contributed by atoms with Crippen LogP contribution in [0.3, 0.4) is 0 Å². The zero-order valence-electron chi connectivity index (χ0n) is 9.52. The number of hydrogen-bond acceptors (Lipinski definition) is 2. The SMILES string of the molecule is S=c1[nH]c2ccc(Br)cc2n1CCc1ccsc1. The van der Waals surface area contributed by atoms with Crippen molar-refractivity contribution in [2.75, 3.05) is 0 Å². The molecule has 0 saturated carbocycles. The molecule has 0 aliphatic carbocycles. The summed E-state index contributed by atoms with van der Waals surface area (Å²) in [7, 11) is 0. The lowest BCUT2D eigenvalue weighted by Crippen LogP contribution is -2.00. The molecule has 0 radical (unpaired) electrons. The number of rotatable bonds is 3. The van der Waals surface area contributed by atoms with E-state index in [0.29, 0.717) is 0 Å². The van der Waals surface area contributed by atoms with Crippen molar-refractivity contribution in [3.05, 3.63) is 49.8 Å². The van der Waals surface area contributed by atoms with Crippen molar-refractivity contribution in [3.63, 3.8) is 0 Å². The number of imidazole rings is 1. The Balaban J connectivity index is 1.98. The lowest BCUT2D eigenvalue weighted by atomic mass is 10.2. The smallest absolute Gasteiger partial charge is 0.178 e. The fourth-order valence-electron chi connectivity index (χ4n) is 2.02. The van der Waals surface area contributed by atoms with Crippen molar-refractivity contribution in [1.82, 2.24) is 9.55 Å². The molecule has 0 aliphatic rings. The highest BCUT2D eigenvalue weighted by atomic mass is 79.9. The number of aromatic amines is 1. The number of thiophene rings is 1. The molecule has 1 aromatic carbocycles. The summed E-state index contributed by atoms with van der Waals surface area (Å²) in [5, 5.41) is 4.30. The lowest BCUT2D eigenvalue weighted by molar-refractivity contribution is 0.708. The molecule has 2 aromatic heterocycles. The maximum absolute atomic E-state index is 5.39. The monoisotopic (exact) mass is 338 g/mol. The molecule has 92 valence electrons. The van der Waals surface area contributed by atoms with E-state index in [9.17, 15) is 0 Å². The first-order chi connectivity index (χ1) is 8.74. The largest absolute Gasteiger partial charge is 0.331 e. The molecule has 0 spiro atoms. The predicted molar refractivity (Wildman–Crippen MR) is 82.8 cm³/mol. The van der Waals surface area contributed by atoms with Gasteiger partial charge in [-0.25, -0.2) is 0 Å². The van der Waals surface area contributed by atoms with Crippen LogP contribution in [0.5, 0.6) is 0 Å². The van der Waals surface area contributed by atoms with E-state index in [1.165, 1.54) is 5.56 Å². The van der Waals surface area contributed by atoms with E-state index in [0.717, 1.165) is 33.2 Å². The van der Waals surface area contributed by atoms with Crippen molar-refractivity contribution in [2.45, 2.75) is 13.0 Å². The first kappa shape index (κ1) is 12.1. The second-order valence-corrected chi connectivity index (χ2v) is 6.21. The van der Waals surface area contributed by atoms with Gasteiger partial charge in [-0.3, -0.25) is 0 Å². The molecule has 0 fully saturated rings. The highest BCUT2D eigenvalue weighted by Crippen LogP contribution is 2.20. The number of aryl methyl sites for hydroxylation is 2. The van der Waals surface area contributed by atoms with Gasteiger partial charge in [0.25, 0.3) is 0 Å². The Hall–Kier alpha value is -0.910. The molecule has 2 nitrogen and oxygen atoms in total. The molecule has 0 amide bonds. The van der Waals surface area contributed by atoms with E-state index in [1.807, 2.05) is 6.07 Å². The molecule has 0 aliphatic heterocycles. The van der Waals surface area contributed by atoms with Gasteiger partial charge >= 0.3 is 0 Å². The Morgan fingerprint density at radius 2 is 2.22 bits per heavy atom.